The van der Waals surface area contributed by atoms with Crippen molar-refractivity contribution in [3.05, 3.63) is 22.5 Å². The molecule has 1 N–H and O–H groups in total. The van der Waals surface area contributed by atoms with Crippen LogP contribution >= 0.6 is 0 Å². The van der Waals surface area contributed by atoms with Crippen molar-refractivity contribution >= 4 is 5.65 Å². The molecule has 6 heteroatoms. The monoisotopic (exact) mass is 151 g/mol. The number of nitrogens with zero attached hydrogens (tertiary/aromatic N) is 4. The second kappa shape index (κ2) is 1.88. The van der Waals surface area contributed by atoms with E-state index in [1.807, 2.05) is 0 Å². The fourth-order valence-electron chi connectivity index (χ4n) is 0.866. The molecule has 56 valence electrons. The summed E-state index contributed by atoms with van der Waals surface area (Å²) in [7, 11) is 0. The van der Waals surface area contributed by atoms with E-state index in [0.717, 1.165) is 0 Å². The third kappa shape index (κ3) is 0.721. The first kappa shape index (κ1) is 6.02. The van der Waals surface area contributed by atoms with Crippen molar-refractivity contribution in [1.82, 2.24) is 24.8 Å². The predicted molar refractivity (Wildman–Crippen MR) is 36.1 cm³/mol. The second-order valence-electron chi connectivity index (χ2n) is 2.11. The number of aromatic amines is 1. The van der Waals surface area contributed by atoms with E-state index in [1.165, 1.54) is 10.8 Å². The van der Waals surface area contributed by atoms with Crippen molar-refractivity contribution in [2.75, 3.05) is 0 Å². The lowest BCUT2D eigenvalue weighted by Crippen LogP contribution is -2.19. The van der Waals surface area contributed by atoms with Crippen molar-refractivity contribution in [2.45, 2.75) is 6.92 Å². The van der Waals surface area contributed by atoms with Gasteiger partial charge < -0.3 is 0 Å². The highest BCUT2D eigenvalue weighted by atomic mass is 16.1. The summed E-state index contributed by atoms with van der Waals surface area (Å²) in [5, 5.41) is 9.70. The molecule has 0 bridgehead atoms. The van der Waals surface area contributed by atoms with Crippen LogP contribution in [-0.4, -0.2) is 24.8 Å². The Kier molecular flexibility index (Phi) is 1.03. The molecule has 0 aliphatic heterocycles. The minimum Gasteiger partial charge on any atom is -0.244 e. The predicted octanol–water partition coefficient (Wildman–Crippen LogP) is -0.879. The standard InChI is InChI=1S/C5H5N5O/c1-3-4-6-2-7-10(4)5(11)9-8-3/h2H,1H3,(H,9,11). The summed E-state index contributed by atoms with van der Waals surface area (Å²) < 4.78 is 1.17. The average molecular weight is 151 g/mol. The van der Waals surface area contributed by atoms with E-state index < -0.39 is 0 Å². The lowest BCUT2D eigenvalue weighted by Gasteiger charge is -1.90. The highest BCUT2D eigenvalue weighted by Gasteiger charge is 2.01. The van der Waals surface area contributed by atoms with Crippen molar-refractivity contribution in [2.24, 2.45) is 0 Å². The summed E-state index contributed by atoms with van der Waals surface area (Å²) in [6.07, 6.45) is 1.32. The van der Waals surface area contributed by atoms with Crippen LogP contribution in [0.3, 0.4) is 0 Å². The molecule has 2 heterocycles. The van der Waals surface area contributed by atoms with Gasteiger partial charge in [0, 0.05) is 0 Å². The quantitative estimate of drug-likeness (QED) is 0.530. The number of aromatic nitrogens is 5. The Morgan fingerprint density at radius 2 is 2.45 bits per heavy atom. The molecular formula is C5H5N5O. The van der Waals surface area contributed by atoms with Crippen LogP contribution in [0.5, 0.6) is 0 Å². The molecule has 2 rings (SSSR count). The molecule has 2 aromatic rings. The summed E-state index contributed by atoms with van der Waals surface area (Å²) in [6.45, 7) is 1.75. The summed E-state index contributed by atoms with van der Waals surface area (Å²) in [4.78, 5) is 14.8. The molecule has 0 unspecified atom stereocenters. The fraction of sp³-hybridized carbons (Fsp3) is 0.200. The maximum absolute atomic E-state index is 10.9. The molecule has 0 aliphatic carbocycles. The zero-order valence-corrected chi connectivity index (χ0v) is 5.77. The van der Waals surface area contributed by atoms with E-state index in [9.17, 15) is 4.79 Å². The molecule has 0 aliphatic rings. The molecule has 0 spiro atoms. The third-order valence-electron chi connectivity index (χ3n) is 1.38. The van der Waals surface area contributed by atoms with E-state index in [0.29, 0.717) is 11.3 Å². The van der Waals surface area contributed by atoms with Crippen LogP contribution in [0.2, 0.25) is 0 Å². The van der Waals surface area contributed by atoms with Gasteiger partial charge in [-0.3, -0.25) is 0 Å². The Bertz CT molecular complexity index is 441. The zero-order valence-electron chi connectivity index (χ0n) is 5.77. The van der Waals surface area contributed by atoms with Gasteiger partial charge in [-0.2, -0.15) is 14.7 Å². The second-order valence-corrected chi connectivity index (χ2v) is 2.11. The number of rotatable bonds is 0. The molecule has 0 radical (unpaired) electrons. The van der Waals surface area contributed by atoms with Crippen LogP contribution in [0.25, 0.3) is 5.65 Å². The van der Waals surface area contributed by atoms with Crippen LogP contribution in [0.1, 0.15) is 5.69 Å². The van der Waals surface area contributed by atoms with Crippen molar-refractivity contribution < 1.29 is 0 Å². The van der Waals surface area contributed by atoms with Gasteiger partial charge in [-0.15, -0.1) is 0 Å². The third-order valence-corrected chi connectivity index (χ3v) is 1.38. The summed E-state index contributed by atoms with van der Waals surface area (Å²) in [6, 6.07) is 0. The van der Waals surface area contributed by atoms with E-state index >= 15 is 0 Å². The smallest absolute Gasteiger partial charge is 0.244 e. The highest BCUT2D eigenvalue weighted by molar-refractivity contribution is 5.39. The summed E-state index contributed by atoms with van der Waals surface area (Å²) >= 11 is 0. The number of hydrogen-bond donors (Lipinski definition) is 1. The Labute approximate surface area is 60.9 Å². The molecule has 0 atom stereocenters. The van der Waals surface area contributed by atoms with Gasteiger partial charge in [0.25, 0.3) is 0 Å². The fourth-order valence-corrected chi connectivity index (χ4v) is 0.866. The normalized spacial score (nSPS) is 10.6. The molecule has 0 saturated carbocycles. The molecule has 11 heavy (non-hydrogen) atoms. The van der Waals surface area contributed by atoms with Crippen molar-refractivity contribution in [3.63, 3.8) is 0 Å². The van der Waals surface area contributed by atoms with Gasteiger partial charge in [-0.05, 0) is 6.92 Å². The maximum atomic E-state index is 10.9. The van der Waals surface area contributed by atoms with Gasteiger partial charge in [0.15, 0.2) is 5.65 Å². The van der Waals surface area contributed by atoms with Crippen LogP contribution < -0.4 is 5.69 Å². The van der Waals surface area contributed by atoms with Crippen molar-refractivity contribution in [1.29, 1.82) is 0 Å². The topological polar surface area (TPSA) is 75.9 Å². The molecule has 2 aromatic heterocycles. The number of H-pyrrole nitrogens is 1. The Balaban J connectivity index is 3.08. The Hall–Kier alpha value is -1.72. The van der Waals surface area contributed by atoms with Crippen LogP contribution in [0.4, 0.5) is 0 Å². The summed E-state index contributed by atoms with van der Waals surface area (Å²) in [5.41, 5.74) is 0.777. The number of nitrogens with one attached hydrogen (secondary N) is 1. The van der Waals surface area contributed by atoms with E-state index in [4.69, 9.17) is 0 Å². The SMILES string of the molecule is Cc1n[nH]c(=O)n2ncnc12. The Morgan fingerprint density at radius 3 is 3.18 bits per heavy atom. The van der Waals surface area contributed by atoms with E-state index in [-0.39, 0.29) is 5.69 Å². The molecule has 6 nitrogen and oxygen atoms in total. The highest BCUT2D eigenvalue weighted by Crippen LogP contribution is 1.94. The van der Waals surface area contributed by atoms with Crippen molar-refractivity contribution in [3.8, 4) is 0 Å². The van der Waals surface area contributed by atoms with Gasteiger partial charge in [0.05, 0.1) is 0 Å². The zero-order chi connectivity index (χ0) is 7.84. The molecule has 0 aromatic carbocycles. The number of hydrogen-bond acceptors (Lipinski definition) is 4. The summed E-state index contributed by atoms with van der Waals surface area (Å²) in [5.74, 6) is 0. The first-order valence-corrected chi connectivity index (χ1v) is 3.04. The first-order chi connectivity index (χ1) is 5.29. The van der Waals surface area contributed by atoms with Crippen LogP contribution in [-0.2, 0) is 0 Å². The van der Waals surface area contributed by atoms with Crippen LogP contribution in [0, 0.1) is 6.92 Å². The minimum atomic E-state index is -0.372. The number of aryl methyl sites for hydroxylation is 1. The Morgan fingerprint density at radius 1 is 1.64 bits per heavy atom. The molecule has 0 saturated heterocycles. The first-order valence-electron chi connectivity index (χ1n) is 3.04. The largest absolute Gasteiger partial charge is 0.364 e. The van der Waals surface area contributed by atoms with Crippen LogP contribution in [0.15, 0.2) is 11.1 Å². The lowest BCUT2D eigenvalue weighted by atomic mass is 10.5. The van der Waals surface area contributed by atoms with E-state index in [1.54, 1.807) is 6.92 Å². The minimum absolute atomic E-state index is 0.372. The molecule has 0 fully saturated rings. The molecular weight excluding hydrogens is 146 g/mol. The van der Waals surface area contributed by atoms with Gasteiger partial charge >= 0.3 is 5.69 Å². The molecule has 0 amide bonds. The lowest BCUT2D eigenvalue weighted by molar-refractivity contribution is 0.794. The van der Waals surface area contributed by atoms with E-state index in [2.05, 4.69) is 20.3 Å². The number of fused-ring (bicyclic) bond motifs is 1. The van der Waals surface area contributed by atoms with Gasteiger partial charge in [0.1, 0.15) is 12.0 Å². The van der Waals surface area contributed by atoms with Gasteiger partial charge in [-0.1, -0.05) is 0 Å². The maximum Gasteiger partial charge on any atom is 0.364 e. The average Bonchev–Trinajstić information content (AvgIpc) is 2.45. The van der Waals surface area contributed by atoms with Gasteiger partial charge in [0.2, 0.25) is 0 Å². The van der Waals surface area contributed by atoms with Gasteiger partial charge in [-0.25, -0.2) is 14.9 Å².